The quantitative estimate of drug-likeness (QED) is 0.300. The van der Waals surface area contributed by atoms with E-state index in [-0.39, 0.29) is 21.3 Å². The minimum Gasteiger partial charge on any atom is -0.497 e. The predicted molar refractivity (Wildman–Crippen MR) is 147 cm³/mol. The van der Waals surface area contributed by atoms with Crippen LogP contribution in [0.1, 0.15) is 68.9 Å². The first-order valence-corrected chi connectivity index (χ1v) is 15.7. The zero-order valence-electron chi connectivity index (χ0n) is 21.9. The molecule has 0 bridgehead atoms. The maximum atomic E-state index is 13.3. The normalized spacial score (nSPS) is 24.1. The second kappa shape index (κ2) is 9.79. The smallest absolute Gasteiger partial charge is 0.348 e. The van der Waals surface area contributed by atoms with Gasteiger partial charge in [0.15, 0.2) is 9.96 Å². The molecule has 1 spiro atoms. The first-order chi connectivity index (χ1) is 18.4. The molecule has 2 heterocycles. The fourth-order valence-electron chi connectivity index (χ4n) is 7.29. The highest BCUT2D eigenvalue weighted by Gasteiger charge is 2.60. The van der Waals surface area contributed by atoms with E-state index in [9.17, 15) is 8.42 Å². The van der Waals surface area contributed by atoms with Gasteiger partial charge in [-0.05, 0) is 61.7 Å². The van der Waals surface area contributed by atoms with Crippen LogP contribution in [0, 0.1) is 5.92 Å². The summed E-state index contributed by atoms with van der Waals surface area (Å²) in [4.78, 5) is 0. The molecule has 1 aliphatic heterocycles. The van der Waals surface area contributed by atoms with Gasteiger partial charge in [-0.25, -0.2) is 0 Å². The Balaban J connectivity index is 1.56. The maximum Gasteiger partial charge on any atom is 0.348 e. The minimum absolute atomic E-state index is 0.0393. The van der Waals surface area contributed by atoms with Gasteiger partial charge in [-0.2, -0.15) is 8.42 Å². The number of thiophene rings is 1. The lowest BCUT2D eigenvalue weighted by atomic mass is 9.51. The molecule has 2 fully saturated rings. The Morgan fingerprint density at radius 3 is 2.29 bits per heavy atom. The number of hydrogen-bond donors (Lipinski definition) is 0. The molecule has 202 valence electrons. The molecule has 0 N–H and O–H groups in total. The van der Waals surface area contributed by atoms with E-state index in [1.54, 1.807) is 37.8 Å². The summed E-state index contributed by atoms with van der Waals surface area (Å²) in [7, 11) is -0.769. The summed E-state index contributed by atoms with van der Waals surface area (Å²) < 4.78 is 50.9. The Morgan fingerprint density at radius 2 is 1.58 bits per heavy atom. The van der Waals surface area contributed by atoms with E-state index in [1.807, 2.05) is 24.3 Å². The van der Waals surface area contributed by atoms with Gasteiger partial charge in [0.05, 0.1) is 14.2 Å². The monoisotopic (exact) mass is 554 g/mol. The Hall–Kier alpha value is -2.71. The molecule has 0 saturated heterocycles. The van der Waals surface area contributed by atoms with Crippen molar-refractivity contribution < 1.29 is 26.8 Å². The maximum absolute atomic E-state index is 13.3. The molecular formula is C30H34O6S2. The summed E-state index contributed by atoms with van der Waals surface area (Å²) >= 11 is 1.14. The van der Waals surface area contributed by atoms with E-state index in [0.717, 1.165) is 66.9 Å². The summed E-state index contributed by atoms with van der Waals surface area (Å²) in [6, 6.07) is 15.1. The number of benzene rings is 2. The van der Waals surface area contributed by atoms with Gasteiger partial charge in [-0.3, -0.25) is 0 Å². The van der Waals surface area contributed by atoms with Gasteiger partial charge in [-0.15, -0.1) is 11.3 Å². The number of fused-ring (bicyclic) bond motifs is 4. The molecule has 0 unspecified atom stereocenters. The van der Waals surface area contributed by atoms with E-state index in [0.29, 0.717) is 5.75 Å². The molecule has 3 aromatic rings. The van der Waals surface area contributed by atoms with E-state index >= 15 is 0 Å². The van der Waals surface area contributed by atoms with Gasteiger partial charge in [0, 0.05) is 34.6 Å². The first-order valence-electron chi connectivity index (χ1n) is 13.5. The lowest BCUT2D eigenvalue weighted by molar-refractivity contribution is -0.0956. The lowest BCUT2D eigenvalue weighted by Crippen LogP contribution is -2.57. The van der Waals surface area contributed by atoms with Gasteiger partial charge in [0.2, 0.25) is 0 Å². The van der Waals surface area contributed by atoms with Gasteiger partial charge in [0.25, 0.3) is 0 Å². The largest absolute Gasteiger partial charge is 0.497 e. The van der Waals surface area contributed by atoms with Crippen LogP contribution in [-0.2, 0) is 21.1 Å². The summed E-state index contributed by atoms with van der Waals surface area (Å²) in [5, 5.41) is 1.74. The molecule has 2 aliphatic carbocycles. The van der Waals surface area contributed by atoms with Gasteiger partial charge < -0.3 is 18.4 Å². The fourth-order valence-corrected chi connectivity index (χ4v) is 9.18. The molecule has 2 saturated carbocycles. The van der Waals surface area contributed by atoms with Gasteiger partial charge in [0.1, 0.15) is 22.8 Å². The highest BCUT2D eigenvalue weighted by molar-refractivity contribution is 7.89. The van der Waals surface area contributed by atoms with E-state index in [1.165, 1.54) is 24.8 Å². The second-order valence-corrected chi connectivity index (χ2v) is 13.4. The van der Waals surface area contributed by atoms with Crippen molar-refractivity contribution >= 4 is 21.5 Å². The number of rotatable bonds is 6. The summed E-state index contributed by atoms with van der Waals surface area (Å²) in [6.45, 7) is 0. The number of hydrogen-bond acceptors (Lipinski definition) is 7. The Bertz CT molecular complexity index is 1410. The van der Waals surface area contributed by atoms with Crippen molar-refractivity contribution in [2.45, 2.75) is 73.0 Å². The van der Waals surface area contributed by atoms with Crippen LogP contribution in [0.3, 0.4) is 0 Å². The average Bonchev–Trinajstić information content (AvgIpc) is 3.50. The van der Waals surface area contributed by atoms with Crippen molar-refractivity contribution in [2.24, 2.45) is 5.92 Å². The molecule has 2 atom stereocenters. The molecule has 38 heavy (non-hydrogen) atoms. The molecule has 1 aromatic heterocycles. The van der Waals surface area contributed by atoms with Crippen LogP contribution in [0.5, 0.6) is 23.0 Å². The number of methoxy groups -OCH3 is 2. The van der Waals surface area contributed by atoms with Gasteiger partial charge >= 0.3 is 10.1 Å². The van der Waals surface area contributed by atoms with Crippen molar-refractivity contribution in [2.75, 3.05) is 14.2 Å². The van der Waals surface area contributed by atoms with Gasteiger partial charge in [-0.1, -0.05) is 37.8 Å². The SMILES string of the molecule is COc1ccc2c(c1)O[C@@]1(c3ccc(OC)cc3OS(=O)(=O)c3cccs3)CCCC[C@@H]1C21CCCCC1. The van der Waals surface area contributed by atoms with E-state index in [4.69, 9.17) is 18.4 Å². The minimum atomic E-state index is -4.01. The molecule has 0 amide bonds. The Labute approximate surface area is 229 Å². The fraction of sp³-hybridized carbons (Fsp3) is 0.467. The van der Waals surface area contributed by atoms with Crippen LogP contribution in [0.25, 0.3) is 0 Å². The third kappa shape index (κ3) is 4.08. The second-order valence-electron chi connectivity index (χ2n) is 10.7. The molecule has 8 heteroatoms. The van der Waals surface area contributed by atoms with E-state index < -0.39 is 15.7 Å². The summed E-state index contributed by atoms with van der Waals surface area (Å²) in [6.07, 6.45) is 9.73. The predicted octanol–water partition coefficient (Wildman–Crippen LogP) is 7.21. The molecule has 6 nitrogen and oxygen atoms in total. The zero-order chi connectivity index (χ0) is 26.4. The zero-order valence-corrected chi connectivity index (χ0v) is 23.5. The molecule has 0 radical (unpaired) electrons. The van der Waals surface area contributed by atoms with Crippen LogP contribution in [-0.4, -0.2) is 22.6 Å². The molecule has 2 aromatic carbocycles. The third-order valence-corrected chi connectivity index (χ3v) is 11.5. The molecule has 6 rings (SSSR count). The first kappa shape index (κ1) is 25.6. The third-order valence-electron chi connectivity index (χ3n) is 8.87. The number of ether oxygens (including phenoxy) is 3. The van der Waals surface area contributed by atoms with Crippen molar-refractivity contribution in [3.63, 3.8) is 0 Å². The van der Waals surface area contributed by atoms with Crippen LogP contribution >= 0.6 is 11.3 Å². The Kier molecular flexibility index (Phi) is 6.59. The average molecular weight is 555 g/mol. The summed E-state index contributed by atoms with van der Waals surface area (Å²) in [5.74, 6) is 2.61. The van der Waals surface area contributed by atoms with Crippen molar-refractivity contribution in [1.82, 2.24) is 0 Å². The van der Waals surface area contributed by atoms with Crippen LogP contribution in [0.15, 0.2) is 58.1 Å². The molecular weight excluding hydrogens is 520 g/mol. The van der Waals surface area contributed by atoms with Crippen molar-refractivity contribution in [3.05, 3.63) is 65.0 Å². The summed E-state index contributed by atoms with van der Waals surface area (Å²) in [5.41, 5.74) is 1.29. The van der Waals surface area contributed by atoms with Crippen molar-refractivity contribution in [3.8, 4) is 23.0 Å². The topological polar surface area (TPSA) is 71.1 Å². The highest BCUT2D eigenvalue weighted by atomic mass is 32.3. The van der Waals surface area contributed by atoms with Crippen LogP contribution in [0.2, 0.25) is 0 Å². The van der Waals surface area contributed by atoms with Crippen LogP contribution < -0.4 is 18.4 Å². The standard InChI is InChI=1S/C30H34O6S2/c1-33-21-11-13-23-25(19-21)35-30(17-7-4-9-27(30)29(23)15-5-3-6-16-29)24-14-12-22(34-2)20-26(24)36-38(31,32)28-10-8-18-37-28/h8,10-14,18-20,27H,3-7,9,15-17H2,1-2H3/t27-,30-/m1/s1. The molecule has 3 aliphatic rings. The lowest BCUT2D eigenvalue weighted by Gasteiger charge is -2.58. The Morgan fingerprint density at radius 1 is 0.868 bits per heavy atom. The van der Waals surface area contributed by atoms with E-state index in [2.05, 4.69) is 6.07 Å². The highest BCUT2D eigenvalue weighted by Crippen LogP contribution is 2.64. The van der Waals surface area contributed by atoms with Crippen molar-refractivity contribution in [1.29, 1.82) is 0 Å². The van der Waals surface area contributed by atoms with Crippen LogP contribution in [0.4, 0.5) is 0 Å².